The Morgan fingerprint density at radius 3 is 2.52 bits per heavy atom. The smallest absolute Gasteiger partial charge is 0.332 e. The summed E-state index contributed by atoms with van der Waals surface area (Å²) in [5, 5.41) is 17.8. The molecular weight excluding hydrogens is 354 g/mol. The van der Waals surface area contributed by atoms with Crippen LogP contribution in [0.1, 0.15) is 84.0 Å². The number of rotatable bonds is 14. The lowest BCUT2D eigenvalue weighted by Crippen LogP contribution is -2.31. The molecule has 2 N–H and O–H groups in total. The van der Waals surface area contributed by atoms with Gasteiger partial charge in [-0.2, -0.15) is 8.78 Å². The molecule has 0 bridgehead atoms. The van der Waals surface area contributed by atoms with Gasteiger partial charge in [0.25, 0.3) is 0 Å². The van der Waals surface area contributed by atoms with Crippen LogP contribution in [0.25, 0.3) is 0 Å². The highest BCUT2D eigenvalue weighted by atomic mass is 19.3. The largest absolute Gasteiger partial charge is 0.479 e. The van der Waals surface area contributed by atoms with Crippen molar-refractivity contribution in [2.24, 2.45) is 11.3 Å². The van der Waals surface area contributed by atoms with Gasteiger partial charge in [-0.1, -0.05) is 57.6 Å². The van der Waals surface area contributed by atoms with Crippen molar-refractivity contribution in [1.82, 2.24) is 0 Å². The Morgan fingerprint density at radius 1 is 1.22 bits per heavy atom. The van der Waals surface area contributed by atoms with Crippen molar-refractivity contribution >= 4 is 11.8 Å². The number of aliphatic hydroxyl groups is 1. The number of carbonyl (C=O) groups is 2. The second kappa shape index (κ2) is 12.2. The molecule has 0 spiro atoms. The van der Waals surface area contributed by atoms with Gasteiger partial charge in [0.1, 0.15) is 5.78 Å². The van der Waals surface area contributed by atoms with E-state index in [9.17, 15) is 23.5 Å². The number of hydrogen-bond acceptors (Lipinski definition) is 3. The summed E-state index contributed by atoms with van der Waals surface area (Å²) in [4.78, 5) is 22.8. The molecule has 1 unspecified atom stereocenters. The first-order valence-electron chi connectivity index (χ1n) is 10.1. The van der Waals surface area contributed by atoms with Crippen molar-refractivity contribution < 1.29 is 28.6 Å². The van der Waals surface area contributed by atoms with Crippen LogP contribution in [-0.4, -0.2) is 28.1 Å². The SMILES string of the molecule is CCCCCCCC[C@]1([C](F)F)CCC(=O)[C@@H]1CC=CCCC(O)C(=O)O. The molecule has 0 aromatic rings. The Hall–Kier alpha value is -1.30. The number of carbonyl (C=O) groups excluding carboxylic acids is 1. The quantitative estimate of drug-likeness (QED) is 0.313. The maximum Gasteiger partial charge on any atom is 0.332 e. The number of ketones is 1. The number of carboxylic acids is 1. The molecule has 0 heterocycles. The number of aliphatic hydroxyl groups excluding tert-OH is 1. The number of halogens is 2. The third kappa shape index (κ3) is 7.32. The fraction of sp³-hybridized carbons (Fsp3) is 0.762. The lowest BCUT2D eigenvalue weighted by Gasteiger charge is -2.32. The highest BCUT2D eigenvalue weighted by Crippen LogP contribution is 2.54. The fourth-order valence-electron chi connectivity index (χ4n) is 3.93. The molecule has 0 aromatic carbocycles. The number of Topliss-reactive ketones (excluding diaryl/α,β-unsaturated/α-hetero) is 1. The highest BCUT2D eigenvalue weighted by molar-refractivity contribution is 5.84. The standard InChI is InChI=1S/C21H33F2O4/c1-2-3-4-5-6-10-14-21(20(22)23)15-13-17(24)16(21)11-8-7-9-12-18(25)19(26)27/h7-8,16,18,25H,2-6,9-15H2,1H3,(H,26,27)/t16-,18?,21-/m0/s1. The molecule has 6 heteroatoms. The van der Waals surface area contributed by atoms with E-state index < -0.39 is 29.8 Å². The summed E-state index contributed by atoms with van der Waals surface area (Å²) in [5.41, 5.74) is -1.30. The molecule has 0 aromatic heterocycles. The van der Waals surface area contributed by atoms with Crippen molar-refractivity contribution in [1.29, 1.82) is 0 Å². The minimum absolute atomic E-state index is 0.0664. The summed E-state index contributed by atoms with van der Waals surface area (Å²) in [6.45, 7) is 2.13. The van der Waals surface area contributed by atoms with Crippen molar-refractivity contribution in [2.75, 3.05) is 0 Å². The summed E-state index contributed by atoms with van der Waals surface area (Å²) in [7, 11) is 0. The van der Waals surface area contributed by atoms with Gasteiger partial charge in [-0.05, 0) is 32.1 Å². The number of carboxylic acid groups (broad SMARTS) is 1. The Bertz CT molecular complexity index is 493. The molecule has 0 amide bonds. The van der Waals surface area contributed by atoms with E-state index in [-0.39, 0.29) is 31.5 Å². The molecule has 1 aliphatic rings. The maximum atomic E-state index is 13.9. The van der Waals surface area contributed by atoms with Gasteiger partial charge in [0.15, 0.2) is 6.10 Å². The zero-order valence-corrected chi connectivity index (χ0v) is 16.3. The predicted octanol–water partition coefficient (Wildman–Crippen LogP) is 5.30. The van der Waals surface area contributed by atoms with Crippen molar-refractivity contribution in [3.05, 3.63) is 18.6 Å². The molecule has 1 rings (SSSR count). The van der Waals surface area contributed by atoms with Crippen LogP contribution >= 0.6 is 0 Å². The monoisotopic (exact) mass is 387 g/mol. The molecular formula is C21H33F2O4. The van der Waals surface area contributed by atoms with Crippen LogP contribution in [-0.2, 0) is 9.59 Å². The van der Waals surface area contributed by atoms with Gasteiger partial charge in [0.2, 0.25) is 0 Å². The summed E-state index contributed by atoms with van der Waals surface area (Å²) < 4.78 is 27.7. The first-order chi connectivity index (χ1) is 12.8. The van der Waals surface area contributed by atoms with E-state index >= 15 is 0 Å². The van der Waals surface area contributed by atoms with Gasteiger partial charge in [-0.25, -0.2) is 4.79 Å². The first kappa shape index (κ1) is 23.7. The topological polar surface area (TPSA) is 74.6 Å². The molecule has 1 aliphatic carbocycles. The van der Waals surface area contributed by atoms with E-state index in [1.165, 1.54) is 0 Å². The van der Waals surface area contributed by atoms with Crippen LogP contribution < -0.4 is 0 Å². The Kier molecular flexibility index (Phi) is 10.7. The fourth-order valence-corrected chi connectivity index (χ4v) is 3.93. The second-order valence-electron chi connectivity index (χ2n) is 7.59. The number of allylic oxidation sites excluding steroid dienone is 2. The average Bonchev–Trinajstić information content (AvgIpc) is 2.94. The molecule has 0 saturated heterocycles. The van der Waals surface area contributed by atoms with Crippen LogP contribution in [0.4, 0.5) is 8.78 Å². The Balaban J connectivity index is 2.57. The number of unbranched alkanes of at least 4 members (excludes halogenated alkanes) is 5. The first-order valence-corrected chi connectivity index (χ1v) is 10.1. The van der Waals surface area contributed by atoms with Gasteiger partial charge >= 0.3 is 12.4 Å². The van der Waals surface area contributed by atoms with E-state index in [4.69, 9.17) is 5.11 Å². The van der Waals surface area contributed by atoms with E-state index in [2.05, 4.69) is 6.92 Å². The van der Waals surface area contributed by atoms with Crippen LogP contribution in [0.15, 0.2) is 12.2 Å². The van der Waals surface area contributed by atoms with Crippen LogP contribution in [0.2, 0.25) is 0 Å². The number of aliphatic carboxylic acids is 1. The average molecular weight is 387 g/mol. The lowest BCUT2D eigenvalue weighted by atomic mass is 9.72. The zero-order valence-electron chi connectivity index (χ0n) is 16.3. The highest BCUT2D eigenvalue weighted by Gasteiger charge is 2.54. The molecule has 27 heavy (non-hydrogen) atoms. The Morgan fingerprint density at radius 2 is 1.89 bits per heavy atom. The summed E-state index contributed by atoms with van der Waals surface area (Å²) in [5.74, 6) is -2.08. The lowest BCUT2D eigenvalue weighted by molar-refractivity contribution is -0.146. The van der Waals surface area contributed by atoms with Crippen molar-refractivity contribution in [3.8, 4) is 0 Å². The number of hydrogen-bond donors (Lipinski definition) is 2. The molecule has 1 radical (unpaired) electrons. The van der Waals surface area contributed by atoms with Crippen molar-refractivity contribution in [2.45, 2.75) is 90.1 Å². The molecule has 3 atom stereocenters. The van der Waals surface area contributed by atoms with Crippen LogP contribution in [0.3, 0.4) is 0 Å². The van der Waals surface area contributed by atoms with E-state index in [0.29, 0.717) is 19.3 Å². The molecule has 0 aliphatic heterocycles. The zero-order chi connectivity index (χ0) is 20.3. The van der Waals surface area contributed by atoms with Gasteiger partial charge in [-0.15, -0.1) is 0 Å². The van der Waals surface area contributed by atoms with Crippen LogP contribution in [0.5, 0.6) is 0 Å². The van der Waals surface area contributed by atoms with Gasteiger partial charge < -0.3 is 10.2 Å². The van der Waals surface area contributed by atoms with Gasteiger partial charge in [0.05, 0.1) is 5.41 Å². The predicted molar refractivity (Wildman–Crippen MR) is 100 cm³/mol. The summed E-state index contributed by atoms with van der Waals surface area (Å²) in [6, 6.07) is 0. The van der Waals surface area contributed by atoms with E-state index in [0.717, 1.165) is 32.1 Å². The normalized spacial score (nSPS) is 24.2. The van der Waals surface area contributed by atoms with Crippen molar-refractivity contribution in [3.63, 3.8) is 0 Å². The minimum Gasteiger partial charge on any atom is -0.479 e. The summed E-state index contributed by atoms with van der Waals surface area (Å²) in [6.07, 6.45) is 7.82. The third-order valence-corrected chi connectivity index (χ3v) is 5.66. The minimum atomic E-state index is -1.62. The summed E-state index contributed by atoms with van der Waals surface area (Å²) >= 11 is 0. The maximum absolute atomic E-state index is 13.9. The van der Waals surface area contributed by atoms with Gasteiger partial charge in [-0.3, -0.25) is 4.79 Å². The van der Waals surface area contributed by atoms with E-state index in [1.54, 1.807) is 12.2 Å². The van der Waals surface area contributed by atoms with Gasteiger partial charge in [0, 0.05) is 12.3 Å². The molecule has 1 fully saturated rings. The van der Waals surface area contributed by atoms with E-state index in [1.807, 2.05) is 0 Å². The Labute approximate surface area is 161 Å². The molecule has 1 saturated carbocycles. The second-order valence-corrected chi connectivity index (χ2v) is 7.59. The molecule has 155 valence electrons. The van der Waals surface area contributed by atoms with Crippen LogP contribution in [0, 0.1) is 17.8 Å². The molecule has 4 nitrogen and oxygen atoms in total. The third-order valence-electron chi connectivity index (χ3n) is 5.66.